The summed E-state index contributed by atoms with van der Waals surface area (Å²) in [5.74, 6) is 1.20. The van der Waals surface area contributed by atoms with E-state index in [9.17, 15) is 0 Å². The molecule has 3 rings (SSSR count). The first-order valence-corrected chi connectivity index (χ1v) is 7.16. The van der Waals surface area contributed by atoms with E-state index in [2.05, 4.69) is 17.4 Å². The maximum Gasteiger partial charge on any atom is 0.0511 e. The molecule has 2 nitrogen and oxygen atoms in total. The van der Waals surface area contributed by atoms with Gasteiger partial charge in [-0.15, -0.1) is 0 Å². The van der Waals surface area contributed by atoms with Crippen molar-refractivity contribution >= 4 is 11.6 Å². The lowest BCUT2D eigenvalue weighted by atomic mass is 9.77. The summed E-state index contributed by atoms with van der Waals surface area (Å²) in [6, 6.07) is 9.70. The fraction of sp³-hybridized carbons (Fsp3) is 0.600. The minimum atomic E-state index is 0.593. The number of rotatable bonds is 3. The van der Waals surface area contributed by atoms with E-state index < -0.39 is 0 Å². The Bertz CT molecular complexity index is 405. The van der Waals surface area contributed by atoms with Gasteiger partial charge in [0.1, 0.15) is 0 Å². The van der Waals surface area contributed by atoms with Gasteiger partial charge in [-0.2, -0.15) is 0 Å². The Labute approximate surface area is 114 Å². The molecule has 0 radical (unpaired) electrons. The van der Waals surface area contributed by atoms with E-state index in [0.717, 1.165) is 11.6 Å². The lowest BCUT2D eigenvalue weighted by molar-refractivity contribution is 0.101. The molecule has 1 N–H and O–H groups in total. The summed E-state index contributed by atoms with van der Waals surface area (Å²) in [5.41, 5.74) is 1.42. The summed E-state index contributed by atoms with van der Waals surface area (Å²) in [7, 11) is 1.81. The van der Waals surface area contributed by atoms with Crippen LogP contribution in [0.3, 0.4) is 0 Å². The van der Waals surface area contributed by atoms with E-state index in [4.69, 9.17) is 16.3 Å². The van der Waals surface area contributed by atoms with Gasteiger partial charge in [0.2, 0.25) is 0 Å². The van der Waals surface area contributed by atoms with Crippen molar-refractivity contribution in [3.8, 4) is 0 Å². The third-order valence-corrected chi connectivity index (χ3v) is 4.76. The number of piperidine rings is 1. The van der Waals surface area contributed by atoms with Gasteiger partial charge in [0.25, 0.3) is 0 Å². The number of methoxy groups -OCH3 is 1. The first-order chi connectivity index (χ1) is 8.78. The molecule has 0 aliphatic carbocycles. The van der Waals surface area contributed by atoms with Crippen molar-refractivity contribution in [2.24, 2.45) is 5.92 Å². The van der Waals surface area contributed by atoms with E-state index in [-0.39, 0.29) is 0 Å². The van der Waals surface area contributed by atoms with Crippen molar-refractivity contribution in [2.75, 3.05) is 13.7 Å². The summed E-state index contributed by atoms with van der Waals surface area (Å²) in [4.78, 5) is 0. The molecule has 2 fully saturated rings. The number of hydrogen-bond acceptors (Lipinski definition) is 2. The Morgan fingerprint density at radius 1 is 1.28 bits per heavy atom. The molecule has 0 aromatic heterocycles. The zero-order chi connectivity index (χ0) is 12.5. The average molecular weight is 266 g/mol. The lowest BCUT2D eigenvalue weighted by Crippen LogP contribution is -2.46. The highest BCUT2D eigenvalue weighted by Gasteiger charge is 2.41. The predicted octanol–water partition coefficient (Wildman–Crippen LogP) is 3.21. The molecule has 0 saturated carbocycles. The van der Waals surface area contributed by atoms with Gasteiger partial charge < -0.3 is 10.1 Å². The molecular formula is C15H20ClNO. The number of hydrogen-bond donors (Lipinski definition) is 1. The summed E-state index contributed by atoms with van der Waals surface area (Å²) < 4.78 is 5.44. The number of halogens is 1. The predicted molar refractivity (Wildman–Crippen MR) is 74.1 cm³/mol. The van der Waals surface area contributed by atoms with Crippen molar-refractivity contribution in [1.29, 1.82) is 0 Å². The quantitative estimate of drug-likeness (QED) is 0.906. The van der Waals surface area contributed by atoms with Crippen LogP contribution in [0.1, 0.15) is 30.7 Å². The van der Waals surface area contributed by atoms with Crippen molar-refractivity contribution in [2.45, 2.75) is 37.3 Å². The summed E-state index contributed by atoms with van der Waals surface area (Å²) in [6.07, 6.45) is 3.84. The van der Waals surface area contributed by atoms with Crippen LogP contribution in [-0.4, -0.2) is 25.8 Å². The normalized spacial score (nSPS) is 34.8. The number of ether oxygens (including phenoxy) is 1. The third kappa shape index (κ3) is 2.29. The molecule has 2 saturated heterocycles. The summed E-state index contributed by atoms with van der Waals surface area (Å²) in [5, 5.41) is 4.55. The molecule has 4 atom stereocenters. The minimum absolute atomic E-state index is 0.593. The fourth-order valence-electron chi connectivity index (χ4n) is 3.65. The van der Waals surface area contributed by atoms with E-state index in [1.807, 2.05) is 12.1 Å². The maximum absolute atomic E-state index is 5.98. The molecule has 18 heavy (non-hydrogen) atoms. The van der Waals surface area contributed by atoms with Gasteiger partial charge in [-0.1, -0.05) is 23.7 Å². The fourth-order valence-corrected chi connectivity index (χ4v) is 3.78. The molecule has 2 aliphatic heterocycles. The monoisotopic (exact) mass is 265 g/mol. The zero-order valence-electron chi connectivity index (χ0n) is 10.7. The Morgan fingerprint density at radius 2 is 2.06 bits per heavy atom. The summed E-state index contributed by atoms with van der Waals surface area (Å²) >= 11 is 5.98. The number of benzene rings is 1. The molecular weight excluding hydrogens is 246 g/mol. The van der Waals surface area contributed by atoms with Crippen molar-refractivity contribution in [1.82, 2.24) is 5.32 Å². The number of fused-ring (bicyclic) bond motifs is 2. The number of nitrogens with one attached hydrogen (secondary N) is 1. The van der Waals surface area contributed by atoms with E-state index in [1.165, 1.54) is 24.8 Å². The Morgan fingerprint density at radius 3 is 2.78 bits per heavy atom. The van der Waals surface area contributed by atoms with Crippen LogP contribution < -0.4 is 5.32 Å². The Hall–Kier alpha value is -0.570. The van der Waals surface area contributed by atoms with Crippen LogP contribution in [0.15, 0.2) is 24.3 Å². The van der Waals surface area contributed by atoms with Crippen LogP contribution in [0.2, 0.25) is 5.02 Å². The molecule has 3 heteroatoms. The minimum Gasteiger partial charge on any atom is -0.384 e. The molecule has 2 heterocycles. The van der Waals surface area contributed by atoms with Crippen LogP contribution >= 0.6 is 11.6 Å². The molecule has 2 unspecified atom stereocenters. The Balaban J connectivity index is 1.86. The van der Waals surface area contributed by atoms with Crippen molar-refractivity contribution in [3.05, 3.63) is 34.9 Å². The van der Waals surface area contributed by atoms with Gasteiger partial charge in [-0.05, 0) is 42.9 Å². The average Bonchev–Trinajstić information content (AvgIpc) is 2.77. The lowest BCUT2D eigenvalue weighted by Gasteiger charge is -2.37. The van der Waals surface area contributed by atoms with Crippen LogP contribution in [0.5, 0.6) is 0 Å². The first-order valence-electron chi connectivity index (χ1n) is 6.78. The molecule has 98 valence electrons. The Kier molecular flexibility index (Phi) is 3.60. The molecule has 2 aliphatic rings. The highest BCUT2D eigenvalue weighted by molar-refractivity contribution is 6.30. The van der Waals surface area contributed by atoms with Gasteiger partial charge in [0.15, 0.2) is 0 Å². The van der Waals surface area contributed by atoms with Crippen molar-refractivity contribution in [3.63, 3.8) is 0 Å². The van der Waals surface area contributed by atoms with Gasteiger partial charge >= 0.3 is 0 Å². The molecule has 2 bridgehead atoms. The van der Waals surface area contributed by atoms with Gasteiger partial charge in [-0.3, -0.25) is 0 Å². The second kappa shape index (κ2) is 5.20. The maximum atomic E-state index is 5.98. The molecule has 0 spiro atoms. The SMILES string of the molecule is COCC1C(c2ccc(Cl)cc2)C[C@@H]2CC[C@H]1N2. The third-order valence-electron chi connectivity index (χ3n) is 4.51. The van der Waals surface area contributed by atoms with Crippen LogP contribution in [0, 0.1) is 5.92 Å². The van der Waals surface area contributed by atoms with E-state index in [0.29, 0.717) is 23.9 Å². The van der Waals surface area contributed by atoms with Gasteiger partial charge in [0, 0.05) is 30.1 Å². The second-order valence-electron chi connectivity index (χ2n) is 5.56. The smallest absolute Gasteiger partial charge is 0.0511 e. The highest BCUT2D eigenvalue weighted by Crippen LogP contribution is 2.41. The van der Waals surface area contributed by atoms with Crippen LogP contribution in [-0.2, 0) is 4.74 Å². The topological polar surface area (TPSA) is 21.3 Å². The van der Waals surface area contributed by atoms with E-state index in [1.54, 1.807) is 7.11 Å². The largest absolute Gasteiger partial charge is 0.384 e. The standard InChI is InChI=1S/C15H20ClNO/c1-18-9-14-13(8-12-6-7-15(14)17-12)10-2-4-11(16)5-3-10/h2-5,12-15,17H,6-9H2,1H3/t12-,13?,14?,15+/m0/s1. The zero-order valence-corrected chi connectivity index (χ0v) is 11.5. The van der Waals surface area contributed by atoms with Crippen LogP contribution in [0.25, 0.3) is 0 Å². The van der Waals surface area contributed by atoms with E-state index >= 15 is 0 Å². The van der Waals surface area contributed by atoms with Gasteiger partial charge in [0.05, 0.1) is 6.61 Å². The van der Waals surface area contributed by atoms with Crippen molar-refractivity contribution < 1.29 is 4.74 Å². The molecule has 1 aromatic rings. The van der Waals surface area contributed by atoms with Gasteiger partial charge in [-0.25, -0.2) is 0 Å². The summed E-state index contributed by atoms with van der Waals surface area (Å²) in [6.45, 7) is 0.845. The second-order valence-corrected chi connectivity index (χ2v) is 6.00. The van der Waals surface area contributed by atoms with Crippen LogP contribution in [0.4, 0.5) is 0 Å². The molecule has 0 amide bonds. The molecule has 1 aromatic carbocycles. The highest BCUT2D eigenvalue weighted by atomic mass is 35.5. The first kappa shape index (κ1) is 12.5.